The van der Waals surface area contributed by atoms with Crippen LogP contribution in [0.3, 0.4) is 0 Å². The van der Waals surface area contributed by atoms with Gasteiger partial charge in [-0.05, 0) is 54.6 Å². The molecule has 0 bridgehead atoms. The number of thioether (sulfide) groups is 1. The van der Waals surface area contributed by atoms with E-state index in [2.05, 4.69) is 5.32 Å². The Labute approximate surface area is 160 Å². The topological polar surface area (TPSA) is 66.5 Å². The minimum absolute atomic E-state index is 0.278. The number of amides is 3. The van der Waals surface area contributed by atoms with Crippen LogP contribution in [0, 0.1) is 6.92 Å². The average molecular weight is 387 g/mol. The minimum Gasteiger partial charge on any atom is -0.325 e. The van der Waals surface area contributed by atoms with E-state index in [-0.39, 0.29) is 11.4 Å². The van der Waals surface area contributed by atoms with Crippen molar-refractivity contribution in [3.63, 3.8) is 0 Å². The molecule has 0 saturated carbocycles. The molecule has 0 radical (unpaired) electrons. The zero-order chi connectivity index (χ0) is 18.7. The van der Waals surface area contributed by atoms with E-state index in [1.807, 2.05) is 19.1 Å². The summed E-state index contributed by atoms with van der Waals surface area (Å²) in [7, 11) is 0. The predicted molar refractivity (Wildman–Crippen MR) is 104 cm³/mol. The highest BCUT2D eigenvalue weighted by atomic mass is 35.5. The number of aryl methyl sites for hydroxylation is 1. The summed E-state index contributed by atoms with van der Waals surface area (Å²) in [5, 5.41) is 2.80. The Morgan fingerprint density at radius 1 is 1.12 bits per heavy atom. The number of nitrogens with one attached hydrogen (secondary N) is 1. The number of rotatable bonds is 4. The molecule has 0 atom stereocenters. The molecule has 0 unspecified atom stereocenters. The molecule has 1 N–H and O–H groups in total. The van der Waals surface area contributed by atoms with Crippen LogP contribution in [-0.2, 0) is 9.59 Å². The van der Waals surface area contributed by atoms with Crippen LogP contribution in [0.2, 0.25) is 5.02 Å². The second kappa shape index (κ2) is 7.76. The molecule has 26 heavy (non-hydrogen) atoms. The Kier molecular flexibility index (Phi) is 5.44. The molecule has 2 aromatic rings. The molecule has 1 saturated heterocycles. The Morgan fingerprint density at radius 3 is 2.42 bits per heavy atom. The van der Waals surface area contributed by atoms with Crippen LogP contribution in [0.15, 0.2) is 53.4 Å². The normalized spacial score (nSPS) is 15.6. The third-order valence-corrected chi connectivity index (χ3v) is 4.84. The number of imide groups is 1. The van der Waals surface area contributed by atoms with Gasteiger partial charge >= 0.3 is 0 Å². The smallest absolute Gasteiger partial charge is 0.294 e. The molecule has 3 rings (SSSR count). The van der Waals surface area contributed by atoms with Crippen molar-refractivity contribution in [3.8, 4) is 0 Å². The second-order valence-electron chi connectivity index (χ2n) is 5.73. The third-order valence-electron chi connectivity index (χ3n) is 3.68. The SMILES string of the molecule is Cc1ccc(NC(=O)CN2C(=O)S/C(=C\c3ccc(Cl)cc3)C2=O)cc1. The predicted octanol–water partition coefficient (Wildman–Crippen LogP) is 4.32. The fourth-order valence-corrected chi connectivity index (χ4v) is 3.29. The zero-order valence-corrected chi connectivity index (χ0v) is 15.4. The van der Waals surface area contributed by atoms with Crippen molar-refractivity contribution in [2.75, 3.05) is 11.9 Å². The fraction of sp³-hybridized carbons (Fsp3) is 0.105. The molecule has 132 valence electrons. The van der Waals surface area contributed by atoms with E-state index in [1.165, 1.54) is 0 Å². The molecule has 1 aliphatic rings. The van der Waals surface area contributed by atoms with Gasteiger partial charge in [-0.15, -0.1) is 0 Å². The molecular weight excluding hydrogens is 372 g/mol. The number of hydrogen-bond donors (Lipinski definition) is 1. The maximum Gasteiger partial charge on any atom is 0.294 e. The highest BCUT2D eigenvalue weighted by Gasteiger charge is 2.36. The van der Waals surface area contributed by atoms with Crippen LogP contribution in [0.1, 0.15) is 11.1 Å². The number of benzene rings is 2. The van der Waals surface area contributed by atoms with Crippen molar-refractivity contribution < 1.29 is 14.4 Å². The van der Waals surface area contributed by atoms with Crippen molar-refractivity contribution in [2.45, 2.75) is 6.92 Å². The van der Waals surface area contributed by atoms with Crippen LogP contribution >= 0.6 is 23.4 Å². The number of hydrogen-bond acceptors (Lipinski definition) is 4. The molecular formula is C19H15ClN2O3S. The molecule has 5 nitrogen and oxygen atoms in total. The zero-order valence-electron chi connectivity index (χ0n) is 13.9. The Balaban J connectivity index is 1.67. The van der Waals surface area contributed by atoms with Crippen molar-refractivity contribution in [1.29, 1.82) is 0 Å². The second-order valence-corrected chi connectivity index (χ2v) is 7.16. The van der Waals surface area contributed by atoms with Gasteiger partial charge in [0.2, 0.25) is 5.91 Å². The van der Waals surface area contributed by atoms with E-state index in [0.29, 0.717) is 10.7 Å². The van der Waals surface area contributed by atoms with Gasteiger partial charge in [0.1, 0.15) is 6.54 Å². The molecule has 1 aliphatic heterocycles. The number of carbonyl (C=O) groups excluding carboxylic acids is 3. The molecule has 1 heterocycles. The lowest BCUT2D eigenvalue weighted by atomic mass is 10.2. The van der Waals surface area contributed by atoms with E-state index in [0.717, 1.165) is 27.8 Å². The van der Waals surface area contributed by atoms with Crippen LogP contribution in [0.25, 0.3) is 6.08 Å². The van der Waals surface area contributed by atoms with E-state index >= 15 is 0 Å². The van der Waals surface area contributed by atoms with Crippen molar-refractivity contribution in [2.24, 2.45) is 0 Å². The van der Waals surface area contributed by atoms with E-state index in [4.69, 9.17) is 11.6 Å². The Morgan fingerprint density at radius 2 is 1.77 bits per heavy atom. The van der Waals surface area contributed by atoms with Gasteiger partial charge in [0.25, 0.3) is 11.1 Å². The quantitative estimate of drug-likeness (QED) is 0.794. The number of carbonyl (C=O) groups is 3. The molecule has 3 amide bonds. The average Bonchev–Trinajstić information content (AvgIpc) is 2.86. The van der Waals surface area contributed by atoms with Gasteiger partial charge in [-0.3, -0.25) is 19.3 Å². The highest BCUT2D eigenvalue weighted by molar-refractivity contribution is 8.18. The summed E-state index contributed by atoms with van der Waals surface area (Å²) in [4.78, 5) is 37.9. The number of halogens is 1. The van der Waals surface area contributed by atoms with Crippen molar-refractivity contribution in [3.05, 3.63) is 69.6 Å². The lowest BCUT2D eigenvalue weighted by molar-refractivity contribution is -0.127. The van der Waals surface area contributed by atoms with Gasteiger partial charge in [-0.2, -0.15) is 0 Å². The standard InChI is InChI=1S/C19H15ClN2O3S/c1-12-2-8-15(9-3-12)21-17(23)11-22-18(24)16(26-19(22)25)10-13-4-6-14(20)7-5-13/h2-10H,11H2,1H3,(H,21,23)/b16-10-. The van der Waals surface area contributed by atoms with Gasteiger partial charge in [0.15, 0.2) is 0 Å². The molecule has 2 aromatic carbocycles. The van der Waals surface area contributed by atoms with E-state index < -0.39 is 17.1 Å². The summed E-state index contributed by atoms with van der Waals surface area (Å²) in [6.07, 6.45) is 1.61. The monoisotopic (exact) mass is 386 g/mol. The maximum absolute atomic E-state index is 12.4. The lowest BCUT2D eigenvalue weighted by Crippen LogP contribution is -2.36. The first-order valence-electron chi connectivity index (χ1n) is 7.80. The third kappa shape index (κ3) is 4.33. The summed E-state index contributed by atoms with van der Waals surface area (Å²) >= 11 is 6.65. The summed E-state index contributed by atoms with van der Waals surface area (Å²) < 4.78 is 0. The highest BCUT2D eigenvalue weighted by Crippen LogP contribution is 2.32. The van der Waals surface area contributed by atoms with Crippen molar-refractivity contribution >= 4 is 52.2 Å². The molecule has 1 fully saturated rings. The van der Waals surface area contributed by atoms with Gasteiger partial charge in [-0.1, -0.05) is 41.4 Å². The number of nitrogens with zero attached hydrogens (tertiary/aromatic N) is 1. The van der Waals surface area contributed by atoms with Gasteiger partial charge in [-0.25, -0.2) is 0 Å². The summed E-state index contributed by atoms with van der Waals surface area (Å²) in [6.45, 7) is 1.62. The lowest BCUT2D eigenvalue weighted by Gasteiger charge is -2.12. The largest absolute Gasteiger partial charge is 0.325 e. The fourth-order valence-electron chi connectivity index (χ4n) is 2.33. The summed E-state index contributed by atoms with van der Waals surface area (Å²) in [5.74, 6) is -0.905. The molecule has 0 aromatic heterocycles. The van der Waals surface area contributed by atoms with E-state index in [9.17, 15) is 14.4 Å². The first kappa shape index (κ1) is 18.2. The van der Waals surface area contributed by atoms with Crippen LogP contribution in [-0.4, -0.2) is 28.5 Å². The minimum atomic E-state index is -0.478. The molecule has 0 spiro atoms. The number of anilines is 1. The first-order chi connectivity index (χ1) is 12.4. The van der Waals surface area contributed by atoms with Crippen LogP contribution in [0.5, 0.6) is 0 Å². The molecule has 7 heteroatoms. The summed E-state index contributed by atoms with van der Waals surface area (Å²) in [5.41, 5.74) is 2.44. The van der Waals surface area contributed by atoms with Crippen LogP contribution < -0.4 is 5.32 Å². The summed E-state index contributed by atoms with van der Waals surface area (Å²) in [6, 6.07) is 14.2. The van der Waals surface area contributed by atoms with Crippen LogP contribution in [0.4, 0.5) is 10.5 Å². The van der Waals surface area contributed by atoms with Gasteiger partial charge in [0, 0.05) is 10.7 Å². The molecule has 0 aliphatic carbocycles. The van der Waals surface area contributed by atoms with Gasteiger partial charge in [0.05, 0.1) is 4.91 Å². The van der Waals surface area contributed by atoms with Gasteiger partial charge < -0.3 is 5.32 Å². The van der Waals surface area contributed by atoms with E-state index in [1.54, 1.807) is 42.5 Å². The Bertz CT molecular complexity index is 892. The maximum atomic E-state index is 12.4. The van der Waals surface area contributed by atoms with Crippen molar-refractivity contribution in [1.82, 2.24) is 4.90 Å². The Hall–Kier alpha value is -2.57. The first-order valence-corrected chi connectivity index (χ1v) is 8.99.